The monoisotopic (exact) mass is 389 g/mol. The predicted molar refractivity (Wildman–Crippen MR) is 86.3 cm³/mol. The van der Waals surface area contributed by atoms with E-state index in [2.05, 4.69) is 4.98 Å². The first-order valence-corrected chi connectivity index (χ1v) is 7.37. The zero-order valence-electron chi connectivity index (χ0n) is 9.78. The van der Waals surface area contributed by atoms with Crippen molar-refractivity contribution in [3.8, 4) is 16.9 Å². The standard InChI is InChI=1S/C12H5Cl6NO/c1-20-11-4(2-3-19-12(11)18)5-6(13)8(15)10(17)9(16)7(5)14/h2-3H,1H3. The van der Waals surface area contributed by atoms with Crippen LogP contribution in [0.25, 0.3) is 11.1 Å². The van der Waals surface area contributed by atoms with Gasteiger partial charge in [0, 0.05) is 17.3 Å². The Hall–Kier alpha value is -0.0900. The Morgan fingerprint density at radius 1 is 0.850 bits per heavy atom. The van der Waals surface area contributed by atoms with E-state index in [4.69, 9.17) is 74.3 Å². The number of methoxy groups -OCH3 is 1. The van der Waals surface area contributed by atoms with E-state index in [0.29, 0.717) is 16.9 Å². The molecule has 2 nitrogen and oxygen atoms in total. The van der Waals surface area contributed by atoms with Crippen LogP contribution >= 0.6 is 69.6 Å². The highest BCUT2D eigenvalue weighted by Gasteiger charge is 2.23. The van der Waals surface area contributed by atoms with E-state index in [1.54, 1.807) is 6.07 Å². The summed E-state index contributed by atoms with van der Waals surface area (Å²) in [5.41, 5.74) is 0.900. The molecule has 20 heavy (non-hydrogen) atoms. The minimum atomic E-state index is 0.0891. The molecule has 0 saturated carbocycles. The average Bonchev–Trinajstić information content (AvgIpc) is 2.43. The normalized spacial score (nSPS) is 10.8. The van der Waals surface area contributed by atoms with Gasteiger partial charge in [-0.25, -0.2) is 4.98 Å². The smallest absolute Gasteiger partial charge is 0.171 e. The lowest BCUT2D eigenvalue weighted by atomic mass is 10.1. The van der Waals surface area contributed by atoms with Crippen LogP contribution in [0.1, 0.15) is 0 Å². The molecule has 1 aromatic carbocycles. The number of benzene rings is 1. The molecule has 1 aromatic heterocycles. The molecule has 0 aliphatic heterocycles. The summed E-state index contributed by atoms with van der Waals surface area (Å²) in [6, 6.07) is 1.64. The van der Waals surface area contributed by atoms with Crippen LogP contribution in [0.15, 0.2) is 12.3 Å². The summed E-state index contributed by atoms with van der Waals surface area (Å²) >= 11 is 36.5. The van der Waals surface area contributed by atoms with Gasteiger partial charge in [0.1, 0.15) is 0 Å². The predicted octanol–water partition coefficient (Wildman–Crippen LogP) is 6.68. The summed E-state index contributed by atoms with van der Waals surface area (Å²) in [4.78, 5) is 3.92. The molecule has 0 N–H and O–H groups in total. The highest BCUT2D eigenvalue weighted by atomic mass is 35.5. The maximum Gasteiger partial charge on any atom is 0.171 e. The van der Waals surface area contributed by atoms with Crippen molar-refractivity contribution in [3.63, 3.8) is 0 Å². The van der Waals surface area contributed by atoms with Crippen LogP contribution in [-0.2, 0) is 0 Å². The Kier molecular flexibility index (Phi) is 5.17. The maximum absolute atomic E-state index is 6.21. The highest BCUT2D eigenvalue weighted by Crippen LogP contribution is 2.50. The number of hydrogen-bond acceptors (Lipinski definition) is 2. The number of nitrogens with zero attached hydrogens (tertiary/aromatic N) is 1. The summed E-state index contributed by atoms with van der Waals surface area (Å²) < 4.78 is 5.22. The fourth-order valence-corrected chi connectivity index (χ4v) is 3.23. The van der Waals surface area contributed by atoms with Crippen molar-refractivity contribution in [1.29, 1.82) is 0 Å². The minimum Gasteiger partial charge on any atom is -0.493 e. The first-order valence-electron chi connectivity index (χ1n) is 5.10. The SMILES string of the molecule is COc1c(-c2c(Cl)c(Cl)c(Cl)c(Cl)c2Cl)ccnc1Cl. The number of rotatable bonds is 2. The van der Waals surface area contributed by atoms with Crippen LogP contribution in [-0.4, -0.2) is 12.1 Å². The summed E-state index contributed by atoms with van der Waals surface area (Å²) in [5.74, 6) is 0.312. The van der Waals surface area contributed by atoms with Gasteiger partial charge in [-0.2, -0.15) is 0 Å². The zero-order chi connectivity index (χ0) is 15.0. The second-order valence-corrected chi connectivity index (χ2v) is 5.88. The van der Waals surface area contributed by atoms with E-state index in [0.717, 1.165) is 0 Å². The lowest BCUT2D eigenvalue weighted by molar-refractivity contribution is 0.415. The molecule has 2 rings (SSSR count). The van der Waals surface area contributed by atoms with Gasteiger partial charge >= 0.3 is 0 Å². The molecule has 0 fully saturated rings. The minimum absolute atomic E-state index is 0.0891. The van der Waals surface area contributed by atoms with Gasteiger partial charge in [-0.05, 0) is 6.07 Å². The Balaban J connectivity index is 2.87. The van der Waals surface area contributed by atoms with Crippen molar-refractivity contribution in [1.82, 2.24) is 4.98 Å². The number of aromatic nitrogens is 1. The lowest BCUT2D eigenvalue weighted by Gasteiger charge is -2.15. The zero-order valence-corrected chi connectivity index (χ0v) is 14.3. The molecule has 0 aliphatic carbocycles. The van der Waals surface area contributed by atoms with Gasteiger partial charge in [-0.15, -0.1) is 0 Å². The third-order valence-electron chi connectivity index (χ3n) is 2.54. The first kappa shape index (κ1) is 16.3. The van der Waals surface area contributed by atoms with Crippen molar-refractivity contribution in [2.75, 3.05) is 7.11 Å². The molecule has 106 valence electrons. The first-order chi connectivity index (χ1) is 9.40. The fraction of sp³-hybridized carbons (Fsp3) is 0.0833. The molecule has 0 aliphatic rings. The highest BCUT2D eigenvalue weighted by molar-refractivity contribution is 6.56. The summed E-state index contributed by atoms with van der Waals surface area (Å²) in [6.45, 7) is 0. The number of pyridine rings is 1. The quantitative estimate of drug-likeness (QED) is 0.323. The maximum atomic E-state index is 6.21. The van der Waals surface area contributed by atoms with Crippen LogP contribution in [0, 0.1) is 0 Å². The van der Waals surface area contributed by atoms with Crippen LogP contribution < -0.4 is 4.74 Å². The molecule has 0 unspecified atom stereocenters. The molecular weight excluding hydrogens is 387 g/mol. The van der Waals surface area contributed by atoms with E-state index in [9.17, 15) is 0 Å². The molecular formula is C12H5Cl6NO. The summed E-state index contributed by atoms with van der Waals surface area (Å²) in [6.07, 6.45) is 1.49. The van der Waals surface area contributed by atoms with Crippen LogP contribution in [0.4, 0.5) is 0 Å². The molecule has 1 heterocycles. The van der Waals surface area contributed by atoms with Gasteiger partial charge < -0.3 is 4.74 Å². The molecule has 8 heteroatoms. The van der Waals surface area contributed by atoms with E-state index >= 15 is 0 Å². The van der Waals surface area contributed by atoms with Gasteiger partial charge in [-0.3, -0.25) is 0 Å². The van der Waals surface area contributed by atoms with Gasteiger partial charge in [0.25, 0.3) is 0 Å². The van der Waals surface area contributed by atoms with E-state index in [1.165, 1.54) is 13.3 Å². The third kappa shape index (κ3) is 2.66. The Bertz CT molecular complexity index is 659. The number of halogens is 6. The third-order valence-corrected chi connectivity index (χ3v) is 5.09. The fourth-order valence-electron chi connectivity index (χ4n) is 1.66. The van der Waals surface area contributed by atoms with Crippen LogP contribution in [0.2, 0.25) is 30.3 Å². The topological polar surface area (TPSA) is 22.1 Å². The molecule has 0 atom stereocenters. The number of hydrogen-bond donors (Lipinski definition) is 0. The van der Waals surface area contributed by atoms with Crippen molar-refractivity contribution < 1.29 is 4.74 Å². The van der Waals surface area contributed by atoms with Gasteiger partial charge in [0.05, 0.1) is 32.2 Å². The molecule has 0 saturated heterocycles. The largest absolute Gasteiger partial charge is 0.493 e. The molecule has 2 aromatic rings. The molecule has 0 bridgehead atoms. The van der Waals surface area contributed by atoms with Crippen LogP contribution in [0.5, 0.6) is 5.75 Å². The van der Waals surface area contributed by atoms with Gasteiger partial charge in [-0.1, -0.05) is 69.6 Å². The molecule has 0 spiro atoms. The second-order valence-electron chi connectivity index (χ2n) is 3.63. The van der Waals surface area contributed by atoms with Gasteiger partial charge in [0.2, 0.25) is 0 Å². The molecule has 0 radical (unpaired) electrons. The summed E-state index contributed by atoms with van der Waals surface area (Å²) in [5, 5.41) is 0.782. The lowest BCUT2D eigenvalue weighted by Crippen LogP contribution is -1.93. The van der Waals surface area contributed by atoms with Crippen molar-refractivity contribution >= 4 is 69.6 Å². The van der Waals surface area contributed by atoms with E-state index < -0.39 is 0 Å². The molecule has 0 amide bonds. The van der Waals surface area contributed by atoms with Gasteiger partial charge in [0.15, 0.2) is 10.9 Å². The second kappa shape index (κ2) is 6.35. The van der Waals surface area contributed by atoms with Crippen molar-refractivity contribution in [2.45, 2.75) is 0 Å². The van der Waals surface area contributed by atoms with Crippen molar-refractivity contribution in [2.24, 2.45) is 0 Å². The van der Waals surface area contributed by atoms with Crippen molar-refractivity contribution in [3.05, 3.63) is 42.5 Å². The Labute approximate surface area is 145 Å². The van der Waals surface area contributed by atoms with E-state index in [1.807, 2.05) is 0 Å². The average molecular weight is 392 g/mol. The Morgan fingerprint density at radius 3 is 1.85 bits per heavy atom. The van der Waals surface area contributed by atoms with E-state index in [-0.39, 0.29) is 30.3 Å². The number of ether oxygens (including phenoxy) is 1. The summed E-state index contributed by atoms with van der Waals surface area (Å²) in [7, 11) is 1.45. The Morgan fingerprint density at radius 2 is 1.35 bits per heavy atom. The van der Waals surface area contributed by atoms with Crippen LogP contribution in [0.3, 0.4) is 0 Å².